The Balaban J connectivity index is 2.28. The third kappa shape index (κ3) is 2.49. The molecule has 7 nitrogen and oxygen atoms in total. The Morgan fingerprint density at radius 1 is 1.39 bits per heavy atom. The molecule has 1 aromatic heterocycles. The van der Waals surface area contributed by atoms with E-state index in [2.05, 4.69) is 22.2 Å². The highest BCUT2D eigenvalue weighted by molar-refractivity contribution is 5.67. The first-order valence-corrected chi connectivity index (χ1v) is 6.05. The highest BCUT2D eigenvalue weighted by Crippen LogP contribution is 2.34. The molecule has 1 aromatic rings. The second-order valence-corrected chi connectivity index (χ2v) is 4.96. The fourth-order valence-corrected chi connectivity index (χ4v) is 2.41. The average molecular weight is 251 g/mol. The lowest BCUT2D eigenvalue weighted by atomic mass is 9.83. The number of nitro groups is 1. The van der Waals surface area contributed by atoms with Crippen LogP contribution < -0.4 is 11.1 Å². The van der Waals surface area contributed by atoms with Crippen LogP contribution in [0.15, 0.2) is 6.33 Å². The molecule has 0 aromatic carbocycles. The zero-order valence-corrected chi connectivity index (χ0v) is 10.3. The van der Waals surface area contributed by atoms with E-state index < -0.39 is 4.92 Å². The first-order chi connectivity index (χ1) is 8.52. The van der Waals surface area contributed by atoms with Gasteiger partial charge in [-0.25, -0.2) is 9.97 Å². The predicted molar refractivity (Wildman–Crippen MR) is 68.2 cm³/mol. The normalized spacial score (nSPS) is 18.3. The average Bonchev–Trinajstić information content (AvgIpc) is 2.28. The fraction of sp³-hybridized carbons (Fsp3) is 0.636. The van der Waals surface area contributed by atoms with Crippen molar-refractivity contribution in [3.8, 4) is 0 Å². The van der Waals surface area contributed by atoms with Gasteiger partial charge in [0.05, 0.1) is 4.92 Å². The van der Waals surface area contributed by atoms with Crippen molar-refractivity contribution in [2.75, 3.05) is 11.1 Å². The topological polar surface area (TPSA) is 107 Å². The van der Waals surface area contributed by atoms with Gasteiger partial charge in [-0.2, -0.15) is 0 Å². The third-order valence-corrected chi connectivity index (χ3v) is 3.41. The van der Waals surface area contributed by atoms with E-state index in [4.69, 9.17) is 5.73 Å². The monoisotopic (exact) mass is 251 g/mol. The minimum atomic E-state index is -0.538. The molecule has 0 radical (unpaired) electrons. The molecule has 3 N–H and O–H groups in total. The maximum atomic E-state index is 11.0. The quantitative estimate of drug-likeness (QED) is 0.629. The minimum absolute atomic E-state index is 0.100. The molecule has 0 aliphatic heterocycles. The number of rotatable bonds is 3. The molecule has 98 valence electrons. The molecule has 2 rings (SSSR count). The van der Waals surface area contributed by atoms with Gasteiger partial charge in [-0.15, -0.1) is 0 Å². The molecule has 1 aliphatic rings. The summed E-state index contributed by atoms with van der Waals surface area (Å²) in [4.78, 5) is 18.1. The van der Waals surface area contributed by atoms with Gasteiger partial charge in [-0.3, -0.25) is 10.1 Å². The fourth-order valence-electron chi connectivity index (χ4n) is 2.41. The van der Waals surface area contributed by atoms with E-state index in [0.717, 1.165) is 25.7 Å². The molecule has 18 heavy (non-hydrogen) atoms. The van der Waals surface area contributed by atoms with Crippen LogP contribution in [0.2, 0.25) is 0 Å². The van der Waals surface area contributed by atoms with Crippen molar-refractivity contribution in [2.45, 2.75) is 44.6 Å². The highest BCUT2D eigenvalue weighted by atomic mass is 16.6. The minimum Gasteiger partial charge on any atom is -0.378 e. The van der Waals surface area contributed by atoms with Crippen molar-refractivity contribution in [1.29, 1.82) is 0 Å². The molecular weight excluding hydrogens is 234 g/mol. The van der Waals surface area contributed by atoms with Crippen LogP contribution in [0.3, 0.4) is 0 Å². The lowest BCUT2D eigenvalue weighted by Gasteiger charge is -2.34. The summed E-state index contributed by atoms with van der Waals surface area (Å²) >= 11 is 0. The van der Waals surface area contributed by atoms with Crippen LogP contribution in [0, 0.1) is 10.1 Å². The van der Waals surface area contributed by atoms with Gasteiger partial charge >= 0.3 is 5.69 Å². The summed E-state index contributed by atoms with van der Waals surface area (Å²) in [5.41, 5.74) is 5.16. The van der Waals surface area contributed by atoms with Gasteiger partial charge < -0.3 is 11.1 Å². The van der Waals surface area contributed by atoms with Gasteiger partial charge in [0.15, 0.2) is 0 Å². The number of nitrogens with two attached hydrogens (primary N) is 1. The first kappa shape index (κ1) is 12.5. The summed E-state index contributed by atoms with van der Waals surface area (Å²) in [6, 6.07) is 0. The predicted octanol–water partition coefficient (Wildman–Crippen LogP) is 2.10. The van der Waals surface area contributed by atoms with E-state index in [9.17, 15) is 10.1 Å². The second kappa shape index (κ2) is 4.75. The van der Waals surface area contributed by atoms with Gasteiger partial charge in [0.25, 0.3) is 0 Å². The maximum Gasteiger partial charge on any atom is 0.353 e. The molecule has 1 heterocycles. The number of anilines is 2. The number of nitrogens with zero attached hydrogens (tertiary/aromatic N) is 3. The number of hydrogen-bond donors (Lipinski definition) is 2. The number of aromatic nitrogens is 2. The Morgan fingerprint density at radius 2 is 2.06 bits per heavy atom. The zero-order valence-electron chi connectivity index (χ0n) is 10.3. The van der Waals surface area contributed by atoms with E-state index in [1.807, 2.05) is 0 Å². The summed E-state index contributed by atoms with van der Waals surface area (Å²) < 4.78 is 0. The van der Waals surface area contributed by atoms with Gasteiger partial charge in [0.1, 0.15) is 6.33 Å². The van der Waals surface area contributed by atoms with Crippen LogP contribution in [0.4, 0.5) is 17.3 Å². The molecule has 1 aliphatic carbocycles. The molecule has 0 amide bonds. The highest BCUT2D eigenvalue weighted by Gasteiger charge is 2.31. The Labute approximate surface area is 105 Å². The molecule has 0 saturated heterocycles. The zero-order chi connectivity index (χ0) is 13.2. The molecule has 0 spiro atoms. The Bertz CT molecular complexity index is 457. The maximum absolute atomic E-state index is 11.0. The van der Waals surface area contributed by atoms with Crippen LogP contribution in [-0.4, -0.2) is 20.4 Å². The van der Waals surface area contributed by atoms with Crippen molar-refractivity contribution in [2.24, 2.45) is 0 Å². The van der Waals surface area contributed by atoms with Gasteiger partial charge in [0, 0.05) is 5.54 Å². The van der Waals surface area contributed by atoms with Crippen LogP contribution in [0.25, 0.3) is 0 Å². The van der Waals surface area contributed by atoms with E-state index in [0.29, 0.717) is 0 Å². The van der Waals surface area contributed by atoms with Crippen molar-refractivity contribution in [3.63, 3.8) is 0 Å². The molecule has 7 heteroatoms. The van der Waals surface area contributed by atoms with Crippen molar-refractivity contribution in [1.82, 2.24) is 9.97 Å². The molecule has 0 unspecified atom stereocenters. The standard InChI is InChI=1S/C11H17N5O2/c1-11(5-3-2-4-6-11)15-10-8(16(17)18)9(12)13-7-14-10/h7H,2-6H2,1H3,(H3,12,13,14,15). The summed E-state index contributed by atoms with van der Waals surface area (Å²) in [6.45, 7) is 2.06. The van der Waals surface area contributed by atoms with Crippen LogP contribution in [0.5, 0.6) is 0 Å². The van der Waals surface area contributed by atoms with Crippen LogP contribution in [-0.2, 0) is 0 Å². The SMILES string of the molecule is CC1(Nc2ncnc(N)c2[N+](=O)[O-])CCCCC1. The van der Waals surface area contributed by atoms with Crippen LogP contribution >= 0.6 is 0 Å². The summed E-state index contributed by atoms with van der Waals surface area (Å²) in [5.74, 6) is 0.119. The van der Waals surface area contributed by atoms with Crippen LogP contribution in [0.1, 0.15) is 39.0 Å². The van der Waals surface area contributed by atoms with Gasteiger partial charge in [0.2, 0.25) is 11.6 Å². The second-order valence-electron chi connectivity index (χ2n) is 4.96. The lowest BCUT2D eigenvalue weighted by molar-refractivity contribution is -0.383. The van der Waals surface area contributed by atoms with Gasteiger partial charge in [-0.05, 0) is 19.8 Å². The molecule has 1 fully saturated rings. The Kier molecular flexibility index (Phi) is 3.31. The molecular formula is C11H17N5O2. The van der Waals surface area contributed by atoms with Crippen molar-refractivity contribution < 1.29 is 4.92 Å². The summed E-state index contributed by atoms with van der Waals surface area (Å²) in [7, 11) is 0. The van der Waals surface area contributed by atoms with E-state index in [-0.39, 0.29) is 22.9 Å². The first-order valence-electron chi connectivity index (χ1n) is 6.05. The van der Waals surface area contributed by atoms with Crippen molar-refractivity contribution >= 4 is 17.3 Å². The smallest absolute Gasteiger partial charge is 0.353 e. The number of hydrogen-bond acceptors (Lipinski definition) is 6. The Hall–Kier alpha value is -1.92. The number of nitrogen functional groups attached to an aromatic ring is 1. The van der Waals surface area contributed by atoms with E-state index >= 15 is 0 Å². The summed E-state index contributed by atoms with van der Waals surface area (Å²) in [5, 5.41) is 14.2. The van der Waals surface area contributed by atoms with Gasteiger partial charge in [-0.1, -0.05) is 19.3 Å². The summed E-state index contributed by atoms with van der Waals surface area (Å²) in [6.07, 6.45) is 6.67. The third-order valence-electron chi connectivity index (χ3n) is 3.41. The molecule has 0 atom stereocenters. The number of nitrogens with one attached hydrogen (secondary N) is 1. The Morgan fingerprint density at radius 3 is 2.67 bits per heavy atom. The lowest BCUT2D eigenvalue weighted by Crippen LogP contribution is -2.37. The largest absolute Gasteiger partial charge is 0.378 e. The van der Waals surface area contributed by atoms with Crippen molar-refractivity contribution in [3.05, 3.63) is 16.4 Å². The van der Waals surface area contributed by atoms with E-state index in [1.165, 1.54) is 12.7 Å². The molecule has 0 bridgehead atoms. The van der Waals surface area contributed by atoms with E-state index in [1.54, 1.807) is 0 Å². The molecule has 1 saturated carbocycles.